The van der Waals surface area contributed by atoms with Gasteiger partial charge in [-0.25, -0.2) is 4.39 Å². The summed E-state index contributed by atoms with van der Waals surface area (Å²) in [6, 6.07) is 10.3. The van der Waals surface area contributed by atoms with Gasteiger partial charge in [0, 0.05) is 5.33 Å². The van der Waals surface area contributed by atoms with Crippen LogP contribution in [0.15, 0.2) is 36.4 Å². The van der Waals surface area contributed by atoms with Gasteiger partial charge >= 0.3 is 0 Å². The van der Waals surface area contributed by atoms with E-state index in [0.29, 0.717) is 20.9 Å². The molecule has 2 aromatic rings. The molecule has 88 valence electrons. The number of rotatable bonds is 2. The van der Waals surface area contributed by atoms with Gasteiger partial charge in [-0.05, 0) is 41.0 Å². The third-order valence-electron chi connectivity index (χ3n) is 2.44. The van der Waals surface area contributed by atoms with Gasteiger partial charge in [-0.1, -0.05) is 51.3 Å². The first-order valence-corrected chi connectivity index (χ1v) is 6.79. The highest BCUT2D eigenvalue weighted by molar-refractivity contribution is 9.08. The topological polar surface area (TPSA) is 0 Å². The monoisotopic (exact) mass is 332 g/mol. The number of alkyl halides is 1. The highest BCUT2D eigenvalue weighted by Gasteiger charge is 2.06. The Bertz CT molecular complexity index is 555. The fourth-order valence-corrected chi connectivity index (χ4v) is 2.26. The Morgan fingerprint density at radius 3 is 2.24 bits per heavy atom. The van der Waals surface area contributed by atoms with Gasteiger partial charge in [0.25, 0.3) is 0 Å². The zero-order valence-corrected chi connectivity index (χ0v) is 11.8. The second kappa shape index (κ2) is 5.38. The fraction of sp³-hybridized carbons (Fsp3) is 0.0769. The molecule has 0 heterocycles. The number of benzene rings is 2. The Labute approximate surface area is 117 Å². The molecule has 0 amide bonds. The molecule has 0 spiro atoms. The van der Waals surface area contributed by atoms with Crippen LogP contribution in [0.25, 0.3) is 11.1 Å². The van der Waals surface area contributed by atoms with Gasteiger partial charge < -0.3 is 0 Å². The average molecular weight is 334 g/mol. The van der Waals surface area contributed by atoms with E-state index in [1.54, 1.807) is 24.3 Å². The Balaban J connectivity index is 2.49. The standard InChI is InChI=1S/C13H8BrCl2F/c14-7-10-5-8(2-4-13(10)17)9-1-3-11(15)12(16)6-9/h1-6H,7H2. The molecule has 0 bridgehead atoms. The maximum absolute atomic E-state index is 13.4. The Kier molecular flexibility index (Phi) is 4.08. The molecule has 0 aliphatic rings. The van der Waals surface area contributed by atoms with Crippen molar-refractivity contribution in [3.63, 3.8) is 0 Å². The summed E-state index contributed by atoms with van der Waals surface area (Å²) in [6.07, 6.45) is 0. The summed E-state index contributed by atoms with van der Waals surface area (Å²) in [4.78, 5) is 0. The van der Waals surface area contributed by atoms with Gasteiger partial charge in [0.2, 0.25) is 0 Å². The van der Waals surface area contributed by atoms with Crippen LogP contribution in [0.1, 0.15) is 5.56 Å². The molecule has 0 fully saturated rings. The largest absolute Gasteiger partial charge is 0.207 e. The molecule has 0 nitrogen and oxygen atoms in total. The molecule has 0 unspecified atom stereocenters. The van der Waals surface area contributed by atoms with Crippen molar-refractivity contribution in [3.8, 4) is 11.1 Å². The molecule has 2 rings (SSSR count). The summed E-state index contributed by atoms with van der Waals surface area (Å²) < 4.78 is 13.4. The zero-order valence-electron chi connectivity index (χ0n) is 8.68. The van der Waals surface area contributed by atoms with Crippen LogP contribution in [-0.4, -0.2) is 0 Å². The van der Waals surface area contributed by atoms with Gasteiger partial charge in [-0.15, -0.1) is 0 Å². The van der Waals surface area contributed by atoms with Crippen molar-refractivity contribution in [1.82, 2.24) is 0 Å². The summed E-state index contributed by atoms with van der Waals surface area (Å²) >= 11 is 15.1. The first kappa shape index (κ1) is 12.9. The molecule has 4 heteroatoms. The Morgan fingerprint density at radius 2 is 1.59 bits per heavy atom. The number of halogens is 4. The summed E-state index contributed by atoms with van der Waals surface area (Å²) in [5.41, 5.74) is 2.45. The second-order valence-electron chi connectivity index (χ2n) is 3.57. The van der Waals surface area contributed by atoms with Crippen LogP contribution in [0.2, 0.25) is 10.0 Å². The minimum atomic E-state index is -0.217. The first-order chi connectivity index (χ1) is 8.11. The highest BCUT2D eigenvalue weighted by atomic mass is 79.9. The van der Waals surface area contributed by atoms with Gasteiger partial charge in [0.15, 0.2) is 0 Å². The minimum absolute atomic E-state index is 0.217. The third kappa shape index (κ3) is 2.82. The molecular formula is C13H8BrCl2F. The lowest BCUT2D eigenvalue weighted by Crippen LogP contribution is -1.87. The maximum Gasteiger partial charge on any atom is 0.127 e. The smallest absolute Gasteiger partial charge is 0.127 e. The van der Waals surface area contributed by atoms with Crippen LogP contribution < -0.4 is 0 Å². The van der Waals surface area contributed by atoms with Crippen LogP contribution in [0.4, 0.5) is 4.39 Å². The van der Waals surface area contributed by atoms with E-state index in [-0.39, 0.29) is 5.82 Å². The Hall–Kier alpha value is -0.570. The van der Waals surface area contributed by atoms with Gasteiger partial charge in [0.05, 0.1) is 10.0 Å². The fourth-order valence-electron chi connectivity index (χ4n) is 1.53. The molecule has 17 heavy (non-hydrogen) atoms. The normalized spacial score (nSPS) is 10.6. The number of hydrogen-bond donors (Lipinski definition) is 0. The van der Waals surface area contributed by atoms with E-state index in [0.717, 1.165) is 11.1 Å². The molecule has 2 aromatic carbocycles. The predicted molar refractivity (Wildman–Crippen MR) is 74.5 cm³/mol. The van der Waals surface area contributed by atoms with E-state index in [4.69, 9.17) is 23.2 Å². The highest BCUT2D eigenvalue weighted by Crippen LogP contribution is 2.29. The molecule has 0 atom stereocenters. The van der Waals surface area contributed by atoms with Crippen molar-refractivity contribution in [2.24, 2.45) is 0 Å². The van der Waals surface area contributed by atoms with Crippen LogP contribution in [0.5, 0.6) is 0 Å². The molecule has 0 radical (unpaired) electrons. The molecule has 0 saturated heterocycles. The summed E-state index contributed by atoms with van der Waals surface area (Å²) in [6.45, 7) is 0. The lowest BCUT2D eigenvalue weighted by Gasteiger charge is -2.06. The minimum Gasteiger partial charge on any atom is -0.207 e. The van der Waals surface area contributed by atoms with Crippen LogP contribution in [0.3, 0.4) is 0 Å². The van der Waals surface area contributed by atoms with Crippen molar-refractivity contribution >= 4 is 39.1 Å². The molecular weight excluding hydrogens is 326 g/mol. The zero-order chi connectivity index (χ0) is 12.4. The molecule has 0 aliphatic heterocycles. The Morgan fingerprint density at radius 1 is 0.941 bits per heavy atom. The van der Waals surface area contributed by atoms with E-state index in [9.17, 15) is 4.39 Å². The van der Waals surface area contributed by atoms with Gasteiger partial charge in [-0.2, -0.15) is 0 Å². The van der Waals surface area contributed by atoms with Crippen LogP contribution in [0, 0.1) is 5.82 Å². The van der Waals surface area contributed by atoms with Crippen LogP contribution >= 0.6 is 39.1 Å². The molecule has 0 aromatic heterocycles. The lowest BCUT2D eigenvalue weighted by molar-refractivity contribution is 0.618. The molecule has 0 aliphatic carbocycles. The van der Waals surface area contributed by atoms with Crippen molar-refractivity contribution in [2.75, 3.05) is 0 Å². The van der Waals surface area contributed by atoms with Crippen molar-refractivity contribution < 1.29 is 4.39 Å². The van der Waals surface area contributed by atoms with E-state index < -0.39 is 0 Å². The van der Waals surface area contributed by atoms with Gasteiger partial charge in [-0.3, -0.25) is 0 Å². The summed E-state index contributed by atoms with van der Waals surface area (Å²) in [5.74, 6) is -0.217. The molecule has 0 N–H and O–H groups in total. The van der Waals surface area contributed by atoms with Crippen molar-refractivity contribution in [3.05, 3.63) is 57.8 Å². The molecule has 0 saturated carbocycles. The first-order valence-electron chi connectivity index (χ1n) is 4.91. The third-order valence-corrected chi connectivity index (χ3v) is 3.79. The maximum atomic E-state index is 13.4. The summed E-state index contributed by atoms with van der Waals surface area (Å²) in [7, 11) is 0. The lowest BCUT2D eigenvalue weighted by atomic mass is 10.0. The average Bonchev–Trinajstić information content (AvgIpc) is 2.33. The van der Waals surface area contributed by atoms with E-state index >= 15 is 0 Å². The second-order valence-corrected chi connectivity index (χ2v) is 4.94. The van der Waals surface area contributed by atoms with E-state index in [1.165, 1.54) is 6.07 Å². The van der Waals surface area contributed by atoms with Crippen molar-refractivity contribution in [2.45, 2.75) is 5.33 Å². The summed E-state index contributed by atoms with van der Waals surface area (Å²) in [5, 5.41) is 1.49. The van der Waals surface area contributed by atoms with Crippen LogP contribution in [-0.2, 0) is 5.33 Å². The van der Waals surface area contributed by atoms with Gasteiger partial charge in [0.1, 0.15) is 5.82 Å². The quantitative estimate of drug-likeness (QED) is 0.619. The van der Waals surface area contributed by atoms with E-state index in [1.807, 2.05) is 6.07 Å². The predicted octanol–water partition coefficient (Wildman–Crippen LogP) is 5.69. The SMILES string of the molecule is Fc1ccc(-c2ccc(Cl)c(Cl)c2)cc1CBr. The van der Waals surface area contributed by atoms with Crippen molar-refractivity contribution in [1.29, 1.82) is 0 Å². The number of hydrogen-bond acceptors (Lipinski definition) is 0. The van der Waals surface area contributed by atoms with E-state index in [2.05, 4.69) is 15.9 Å².